The average molecular weight is 346 g/mol. The van der Waals surface area contributed by atoms with Gasteiger partial charge in [0, 0.05) is 0 Å². The van der Waals surface area contributed by atoms with E-state index in [0.29, 0.717) is 0 Å². The number of rotatable bonds is 11. The SMILES string of the molecule is CCCCCCCCCc1ccc(C(C)(C(=O)O)C2CCNC2)cc1. The van der Waals surface area contributed by atoms with E-state index in [9.17, 15) is 9.90 Å². The van der Waals surface area contributed by atoms with Gasteiger partial charge < -0.3 is 10.4 Å². The van der Waals surface area contributed by atoms with Crippen molar-refractivity contribution < 1.29 is 9.90 Å². The largest absolute Gasteiger partial charge is 0.481 e. The molecule has 0 aliphatic carbocycles. The first-order valence-electron chi connectivity index (χ1n) is 10.1. The predicted octanol–water partition coefficient (Wildman–Crippen LogP) is 4.93. The van der Waals surface area contributed by atoms with Gasteiger partial charge >= 0.3 is 5.97 Å². The highest BCUT2D eigenvalue weighted by Gasteiger charge is 2.44. The van der Waals surface area contributed by atoms with E-state index in [0.717, 1.165) is 31.5 Å². The molecule has 25 heavy (non-hydrogen) atoms. The quantitative estimate of drug-likeness (QED) is 0.559. The van der Waals surface area contributed by atoms with E-state index in [-0.39, 0.29) is 5.92 Å². The van der Waals surface area contributed by atoms with E-state index < -0.39 is 11.4 Å². The van der Waals surface area contributed by atoms with Crippen LogP contribution in [0.4, 0.5) is 0 Å². The highest BCUT2D eigenvalue weighted by Crippen LogP contribution is 2.36. The molecule has 2 unspecified atom stereocenters. The normalized spacial score (nSPS) is 19.7. The molecule has 0 bridgehead atoms. The van der Waals surface area contributed by atoms with Crippen molar-refractivity contribution in [3.8, 4) is 0 Å². The Morgan fingerprint density at radius 1 is 1.12 bits per heavy atom. The Balaban J connectivity index is 1.86. The topological polar surface area (TPSA) is 49.3 Å². The molecule has 0 spiro atoms. The molecule has 0 saturated carbocycles. The summed E-state index contributed by atoms with van der Waals surface area (Å²) in [5.41, 5.74) is 1.48. The van der Waals surface area contributed by atoms with Crippen molar-refractivity contribution in [2.75, 3.05) is 13.1 Å². The third-order valence-electron chi connectivity index (χ3n) is 5.94. The molecule has 1 aromatic rings. The van der Waals surface area contributed by atoms with Crippen LogP contribution in [0.3, 0.4) is 0 Å². The van der Waals surface area contributed by atoms with Crippen molar-refractivity contribution in [1.29, 1.82) is 0 Å². The summed E-state index contributed by atoms with van der Waals surface area (Å²) in [5, 5.41) is 13.2. The zero-order valence-corrected chi connectivity index (χ0v) is 16.0. The number of hydrogen-bond acceptors (Lipinski definition) is 2. The predicted molar refractivity (Wildman–Crippen MR) is 104 cm³/mol. The molecule has 1 aliphatic rings. The molecule has 1 heterocycles. The van der Waals surface area contributed by atoms with Gasteiger partial charge in [0.15, 0.2) is 0 Å². The van der Waals surface area contributed by atoms with Gasteiger partial charge in [-0.3, -0.25) is 4.79 Å². The number of nitrogens with one attached hydrogen (secondary N) is 1. The number of aliphatic carboxylic acids is 1. The van der Waals surface area contributed by atoms with Gasteiger partial charge in [-0.1, -0.05) is 69.7 Å². The maximum atomic E-state index is 12.0. The molecular formula is C22H35NO2. The maximum absolute atomic E-state index is 12.0. The number of carbonyl (C=O) groups is 1. The minimum absolute atomic E-state index is 0.166. The third kappa shape index (κ3) is 5.31. The number of hydrogen-bond donors (Lipinski definition) is 2. The summed E-state index contributed by atoms with van der Waals surface area (Å²) in [6.45, 7) is 5.85. The first-order valence-corrected chi connectivity index (χ1v) is 10.1. The van der Waals surface area contributed by atoms with Crippen LogP contribution < -0.4 is 5.32 Å². The van der Waals surface area contributed by atoms with Crippen LogP contribution in [0.1, 0.15) is 76.3 Å². The van der Waals surface area contributed by atoms with Crippen LogP contribution in [0.5, 0.6) is 0 Å². The Morgan fingerprint density at radius 2 is 1.76 bits per heavy atom. The van der Waals surface area contributed by atoms with Gasteiger partial charge in [0.05, 0.1) is 5.41 Å². The molecule has 0 amide bonds. The van der Waals surface area contributed by atoms with E-state index in [4.69, 9.17) is 0 Å². The van der Waals surface area contributed by atoms with Crippen molar-refractivity contribution in [3.63, 3.8) is 0 Å². The molecule has 1 aromatic carbocycles. The minimum atomic E-state index is -0.790. The van der Waals surface area contributed by atoms with Crippen molar-refractivity contribution in [3.05, 3.63) is 35.4 Å². The van der Waals surface area contributed by atoms with E-state index in [2.05, 4.69) is 24.4 Å². The van der Waals surface area contributed by atoms with Gasteiger partial charge in [-0.25, -0.2) is 0 Å². The van der Waals surface area contributed by atoms with Crippen molar-refractivity contribution in [2.45, 2.75) is 77.0 Å². The lowest BCUT2D eigenvalue weighted by Crippen LogP contribution is -2.41. The summed E-state index contributed by atoms with van der Waals surface area (Å²) in [4.78, 5) is 12.0. The lowest BCUT2D eigenvalue weighted by molar-refractivity contribution is -0.145. The van der Waals surface area contributed by atoms with Crippen LogP contribution in [-0.4, -0.2) is 24.2 Å². The molecule has 1 saturated heterocycles. The summed E-state index contributed by atoms with van der Waals surface area (Å²) in [7, 11) is 0. The van der Waals surface area contributed by atoms with Crippen molar-refractivity contribution in [1.82, 2.24) is 5.32 Å². The second-order valence-electron chi connectivity index (χ2n) is 7.77. The molecule has 1 fully saturated rings. The summed E-state index contributed by atoms with van der Waals surface area (Å²) >= 11 is 0. The van der Waals surface area contributed by atoms with Crippen molar-refractivity contribution in [2.24, 2.45) is 5.92 Å². The molecule has 3 nitrogen and oxygen atoms in total. The average Bonchev–Trinajstić information content (AvgIpc) is 3.15. The smallest absolute Gasteiger partial charge is 0.314 e. The van der Waals surface area contributed by atoms with Crippen LogP contribution in [0.15, 0.2) is 24.3 Å². The fourth-order valence-electron chi connectivity index (χ4n) is 3.99. The lowest BCUT2D eigenvalue weighted by atomic mass is 9.71. The number of benzene rings is 1. The van der Waals surface area contributed by atoms with Crippen LogP contribution >= 0.6 is 0 Å². The summed E-state index contributed by atoms with van der Waals surface area (Å²) in [6.07, 6.45) is 11.3. The molecule has 0 aromatic heterocycles. The Kier molecular flexibility index (Phi) is 7.95. The first-order chi connectivity index (χ1) is 12.1. The minimum Gasteiger partial charge on any atom is -0.481 e. The number of aryl methyl sites for hydroxylation is 1. The van der Waals surface area contributed by atoms with Gasteiger partial charge in [-0.05, 0) is 56.3 Å². The Hall–Kier alpha value is -1.35. The van der Waals surface area contributed by atoms with Crippen LogP contribution in [0, 0.1) is 5.92 Å². The van der Waals surface area contributed by atoms with Crippen LogP contribution in [0.25, 0.3) is 0 Å². The Labute approximate surface area is 153 Å². The van der Waals surface area contributed by atoms with Crippen LogP contribution in [0.2, 0.25) is 0 Å². The molecule has 2 N–H and O–H groups in total. The fourth-order valence-corrected chi connectivity index (χ4v) is 3.99. The Bertz CT molecular complexity index is 519. The van der Waals surface area contributed by atoms with Crippen LogP contribution in [-0.2, 0) is 16.6 Å². The van der Waals surface area contributed by atoms with E-state index in [1.165, 1.54) is 50.5 Å². The van der Waals surface area contributed by atoms with Gasteiger partial charge in [0.25, 0.3) is 0 Å². The second kappa shape index (κ2) is 9.96. The van der Waals surface area contributed by atoms with Gasteiger partial charge in [0.1, 0.15) is 0 Å². The standard InChI is InChI=1S/C22H35NO2/c1-3-4-5-6-7-8-9-10-18-11-13-19(14-12-18)22(2,21(24)25)20-15-16-23-17-20/h11-14,20,23H,3-10,15-17H2,1-2H3,(H,24,25). The van der Waals surface area contributed by atoms with E-state index in [1.807, 2.05) is 19.1 Å². The maximum Gasteiger partial charge on any atom is 0.314 e. The molecule has 2 atom stereocenters. The molecule has 0 radical (unpaired) electrons. The first kappa shape index (κ1) is 20.0. The number of carboxylic acid groups (broad SMARTS) is 1. The lowest BCUT2D eigenvalue weighted by Gasteiger charge is -2.31. The van der Waals surface area contributed by atoms with E-state index in [1.54, 1.807) is 0 Å². The molecule has 140 valence electrons. The Morgan fingerprint density at radius 3 is 2.32 bits per heavy atom. The molecule has 2 rings (SSSR count). The van der Waals surface area contributed by atoms with Crippen molar-refractivity contribution >= 4 is 5.97 Å². The zero-order chi connectivity index (χ0) is 18.1. The summed E-state index contributed by atoms with van der Waals surface area (Å²) < 4.78 is 0. The second-order valence-corrected chi connectivity index (χ2v) is 7.77. The monoisotopic (exact) mass is 345 g/mol. The number of carboxylic acids is 1. The number of unbranched alkanes of at least 4 members (excludes halogenated alkanes) is 6. The highest BCUT2D eigenvalue weighted by atomic mass is 16.4. The molecule has 1 aliphatic heterocycles. The highest BCUT2D eigenvalue weighted by molar-refractivity contribution is 5.81. The molecule has 3 heteroatoms. The summed E-state index contributed by atoms with van der Waals surface area (Å²) in [5.74, 6) is -0.542. The van der Waals surface area contributed by atoms with Gasteiger partial charge in [-0.15, -0.1) is 0 Å². The summed E-state index contributed by atoms with van der Waals surface area (Å²) in [6, 6.07) is 8.36. The third-order valence-corrected chi connectivity index (χ3v) is 5.94. The fraction of sp³-hybridized carbons (Fsp3) is 0.682. The van der Waals surface area contributed by atoms with E-state index >= 15 is 0 Å². The zero-order valence-electron chi connectivity index (χ0n) is 16.0. The van der Waals surface area contributed by atoms with Gasteiger partial charge in [-0.2, -0.15) is 0 Å². The van der Waals surface area contributed by atoms with Gasteiger partial charge in [0.2, 0.25) is 0 Å². The molecular weight excluding hydrogens is 310 g/mol.